The summed E-state index contributed by atoms with van der Waals surface area (Å²) < 4.78 is 5.22. The molecule has 0 aliphatic carbocycles. The number of ether oxygens (including phenoxy) is 1. The van der Waals surface area contributed by atoms with E-state index in [9.17, 15) is 4.79 Å². The molecule has 1 heterocycles. The summed E-state index contributed by atoms with van der Waals surface area (Å²) in [5, 5.41) is 0. The molecule has 1 aromatic carbocycles. The molecule has 0 atom stereocenters. The van der Waals surface area contributed by atoms with Crippen LogP contribution in [0.15, 0.2) is 48.7 Å². The average molecular weight is 225 g/mol. The number of benzene rings is 1. The zero-order valence-corrected chi connectivity index (χ0v) is 9.38. The van der Waals surface area contributed by atoms with Gasteiger partial charge in [0.25, 0.3) is 0 Å². The van der Waals surface area contributed by atoms with Crippen molar-refractivity contribution in [1.29, 1.82) is 0 Å². The predicted molar refractivity (Wildman–Crippen MR) is 65.4 cm³/mol. The maximum absolute atomic E-state index is 11.1. The molecule has 0 N–H and O–H groups in total. The van der Waals surface area contributed by atoms with Gasteiger partial charge in [0, 0.05) is 11.8 Å². The minimum atomic E-state index is 0.406. The molecule has 2 rings (SSSR count). The van der Waals surface area contributed by atoms with E-state index in [2.05, 4.69) is 4.98 Å². The third-order valence-electron chi connectivity index (χ3n) is 2.40. The quantitative estimate of drug-likeness (QED) is 0.753. The van der Waals surface area contributed by atoms with Crippen LogP contribution in [0, 0.1) is 0 Å². The molecule has 0 saturated heterocycles. The van der Waals surface area contributed by atoms with Crippen molar-refractivity contribution in [2.75, 3.05) is 7.11 Å². The Morgan fingerprint density at radius 1 is 1.18 bits per heavy atom. The zero-order chi connectivity index (χ0) is 12.1. The molecule has 0 amide bonds. The van der Waals surface area contributed by atoms with Crippen LogP contribution in [-0.2, 0) is 4.79 Å². The summed E-state index contributed by atoms with van der Waals surface area (Å²) >= 11 is 0. The first-order valence-corrected chi connectivity index (χ1v) is 5.16. The maximum Gasteiger partial charge on any atom is 0.135 e. The summed E-state index contributed by atoms with van der Waals surface area (Å²) in [4.78, 5) is 15.3. The van der Waals surface area contributed by atoms with Crippen molar-refractivity contribution in [1.82, 2.24) is 4.98 Å². The topological polar surface area (TPSA) is 39.2 Å². The van der Waals surface area contributed by atoms with Crippen molar-refractivity contribution < 1.29 is 9.53 Å². The van der Waals surface area contributed by atoms with Crippen LogP contribution in [0.25, 0.3) is 5.57 Å². The number of hydrogen-bond acceptors (Lipinski definition) is 3. The monoisotopic (exact) mass is 225 g/mol. The highest BCUT2D eigenvalue weighted by atomic mass is 16.5. The number of methoxy groups -OCH3 is 1. The van der Waals surface area contributed by atoms with Crippen molar-refractivity contribution in [3.05, 3.63) is 59.9 Å². The Bertz CT molecular complexity index is 557. The van der Waals surface area contributed by atoms with E-state index in [4.69, 9.17) is 4.74 Å². The van der Waals surface area contributed by atoms with E-state index < -0.39 is 0 Å². The van der Waals surface area contributed by atoms with E-state index in [1.165, 1.54) is 0 Å². The molecular weight excluding hydrogens is 214 g/mol. The van der Waals surface area contributed by atoms with Crippen molar-refractivity contribution in [3.8, 4) is 5.75 Å². The second-order valence-corrected chi connectivity index (χ2v) is 3.39. The standard InChI is InChI=1S/C14H11NO2/c1-17-14-8-3-2-6-11(14)12(10-16)13-7-4-5-9-15-13/h2-9H,1H3. The van der Waals surface area contributed by atoms with E-state index in [-0.39, 0.29) is 0 Å². The largest absolute Gasteiger partial charge is 0.496 e. The van der Waals surface area contributed by atoms with Gasteiger partial charge in [0.15, 0.2) is 0 Å². The smallest absolute Gasteiger partial charge is 0.135 e. The molecule has 2 aromatic rings. The van der Waals surface area contributed by atoms with Crippen LogP contribution in [-0.4, -0.2) is 18.0 Å². The molecule has 17 heavy (non-hydrogen) atoms. The molecule has 0 bridgehead atoms. The van der Waals surface area contributed by atoms with Crippen LogP contribution in [0.2, 0.25) is 0 Å². The van der Waals surface area contributed by atoms with Gasteiger partial charge in [0.2, 0.25) is 0 Å². The first kappa shape index (κ1) is 11.1. The lowest BCUT2D eigenvalue weighted by molar-refractivity contribution is 0.413. The van der Waals surface area contributed by atoms with Crippen molar-refractivity contribution in [2.45, 2.75) is 0 Å². The van der Waals surface area contributed by atoms with E-state index in [0.717, 1.165) is 0 Å². The van der Waals surface area contributed by atoms with Gasteiger partial charge in [-0.2, -0.15) is 0 Å². The summed E-state index contributed by atoms with van der Waals surface area (Å²) in [7, 11) is 1.57. The third kappa shape index (κ3) is 2.25. The van der Waals surface area contributed by atoms with E-state index in [1.807, 2.05) is 30.2 Å². The SMILES string of the molecule is COc1ccccc1C(=C=O)c1ccccn1. The Labute approximate surface area is 99.4 Å². The van der Waals surface area contributed by atoms with Crippen LogP contribution in [0.5, 0.6) is 5.75 Å². The van der Waals surface area contributed by atoms with Gasteiger partial charge in [-0.05, 0) is 24.3 Å². The van der Waals surface area contributed by atoms with Gasteiger partial charge in [-0.25, -0.2) is 4.79 Å². The Morgan fingerprint density at radius 3 is 2.59 bits per heavy atom. The Morgan fingerprint density at radius 2 is 1.94 bits per heavy atom. The van der Waals surface area contributed by atoms with Gasteiger partial charge in [-0.3, -0.25) is 4.98 Å². The number of rotatable bonds is 3. The molecule has 3 heteroatoms. The average Bonchev–Trinajstić information content (AvgIpc) is 2.41. The van der Waals surface area contributed by atoms with Gasteiger partial charge in [0.1, 0.15) is 11.7 Å². The molecule has 0 fully saturated rings. The van der Waals surface area contributed by atoms with Crippen LogP contribution < -0.4 is 4.74 Å². The lowest BCUT2D eigenvalue weighted by Crippen LogP contribution is -1.95. The highest BCUT2D eigenvalue weighted by molar-refractivity contribution is 5.97. The van der Waals surface area contributed by atoms with E-state index >= 15 is 0 Å². The van der Waals surface area contributed by atoms with E-state index in [0.29, 0.717) is 22.6 Å². The number of aromatic nitrogens is 1. The van der Waals surface area contributed by atoms with Crippen LogP contribution in [0.1, 0.15) is 11.3 Å². The normalized spacial score (nSPS) is 9.47. The van der Waals surface area contributed by atoms with Gasteiger partial charge in [-0.15, -0.1) is 0 Å². The van der Waals surface area contributed by atoms with Gasteiger partial charge >= 0.3 is 0 Å². The van der Waals surface area contributed by atoms with Crippen molar-refractivity contribution in [2.24, 2.45) is 0 Å². The molecule has 84 valence electrons. The van der Waals surface area contributed by atoms with Gasteiger partial charge in [0.05, 0.1) is 18.4 Å². The summed E-state index contributed by atoms with van der Waals surface area (Å²) in [5.41, 5.74) is 1.69. The first-order valence-electron chi connectivity index (χ1n) is 5.16. The molecule has 0 spiro atoms. The van der Waals surface area contributed by atoms with Gasteiger partial charge in [-0.1, -0.05) is 18.2 Å². The number of para-hydroxylation sites is 1. The fraction of sp³-hybridized carbons (Fsp3) is 0.0714. The number of pyridine rings is 1. The van der Waals surface area contributed by atoms with Crippen LogP contribution in [0.3, 0.4) is 0 Å². The highest BCUT2D eigenvalue weighted by Gasteiger charge is 2.11. The maximum atomic E-state index is 11.1. The predicted octanol–water partition coefficient (Wildman–Crippen LogP) is 2.35. The molecule has 0 saturated carbocycles. The van der Waals surface area contributed by atoms with Crippen molar-refractivity contribution >= 4 is 11.5 Å². The minimum Gasteiger partial charge on any atom is -0.496 e. The summed E-state index contributed by atoms with van der Waals surface area (Å²) in [6, 6.07) is 12.7. The molecule has 0 radical (unpaired) electrons. The number of nitrogens with zero attached hydrogens (tertiary/aromatic N) is 1. The lowest BCUT2D eigenvalue weighted by Gasteiger charge is -2.08. The van der Waals surface area contributed by atoms with E-state index in [1.54, 1.807) is 31.5 Å². The summed E-state index contributed by atoms with van der Waals surface area (Å²) in [5.74, 6) is 2.57. The second-order valence-electron chi connectivity index (χ2n) is 3.39. The molecule has 0 aliphatic rings. The summed E-state index contributed by atoms with van der Waals surface area (Å²) in [6.07, 6.45) is 1.64. The Hall–Kier alpha value is -2.38. The first-order chi connectivity index (χ1) is 8.36. The Kier molecular flexibility index (Phi) is 3.34. The number of hydrogen-bond donors (Lipinski definition) is 0. The third-order valence-corrected chi connectivity index (χ3v) is 2.40. The lowest BCUT2D eigenvalue weighted by atomic mass is 10.0. The molecule has 0 aliphatic heterocycles. The zero-order valence-electron chi connectivity index (χ0n) is 9.38. The Balaban J connectivity index is 2.55. The fourth-order valence-corrected chi connectivity index (χ4v) is 1.61. The molecule has 1 aromatic heterocycles. The fourth-order valence-electron chi connectivity index (χ4n) is 1.61. The van der Waals surface area contributed by atoms with Crippen LogP contribution >= 0.6 is 0 Å². The number of carbonyl (C=O) groups excluding carboxylic acids is 1. The molecular formula is C14H11NO2. The second kappa shape index (κ2) is 5.10. The van der Waals surface area contributed by atoms with Gasteiger partial charge < -0.3 is 4.74 Å². The molecule has 3 nitrogen and oxygen atoms in total. The van der Waals surface area contributed by atoms with Crippen LogP contribution in [0.4, 0.5) is 0 Å². The highest BCUT2D eigenvalue weighted by Crippen LogP contribution is 2.27. The van der Waals surface area contributed by atoms with Crippen molar-refractivity contribution in [3.63, 3.8) is 0 Å². The minimum absolute atomic E-state index is 0.406. The summed E-state index contributed by atoms with van der Waals surface area (Å²) in [6.45, 7) is 0. The molecule has 0 unspecified atom stereocenters.